The summed E-state index contributed by atoms with van der Waals surface area (Å²) < 4.78 is 0. The zero-order valence-corrected chi connectivity index (χ0v) is 18.8. The van der Waals surface area contributed by atoms with E-state index in [0.717, 1.165) is 21.1 Å². The molecule has 0 fully saturated rings. The van der Waals surface area contributed by atoms with E-state index in [1.807, 2.05) is 24.3 Å². The van der Waals surface area contributed by atoms with Crippen LogP contribution in [0.1, 0.15) is 30.7 Å². The fourth-order valence-electron chi connectivity index (χ4n) is 3.10. The standard InChI is InChI=1S/C23H21ClN4O2S/c1-23(2,3)21-27-19(13-6-4-7-14(24)12-13)17(31-21)10-11-18(29)25-15-8-5-9-16-20(15)28-22(30)26-16/h4-12H,1-3H3,(H,25,29)(H2,26,28,30)/b11-10+. The van der Waals surface area contributed by atoms with E-state index in [1.165, 1.54) is 6.08 Å². The van der Waals surface area contributed by atoms with E-state index in [2.05, 4.69) is 36.1 Å². The molecule has 0 atom stereocenters. The summed E-state index contributed by atoms with van der Waals surface area (Å²) in [5, 5.41) is 4.42. The monoisotopic (exact) mass is 452 g/mol. The number of aromatic amines is 2. The number of aromatic nitrogens is 3. The molecule has 3 N–H and O–H groups in total. The Hall–Kier alpha value is -3.16. The first-order valence-electron chi connectivity index (χ1n) is 9.68. The number of nitrogens with one attached hydrogen (secondary N) is 3. The van der Waals surface area contributed by atoms with E-state index >= 15 is 0 Å². The van der Waals surface area contributed by atoms with E-state index < -0.39 is 0 Å². The van der Waals surface area contributed by atoms with Crippen LogP contribution in [0.25, 0.3) is 28.4 Å². The van der Waals surface area contributed by atoms with Gasteiger partial charge in [0.15, 0.2) is 0 Å². The molecule has 0 saturated carbocycles. The van der Waals surface area contributed by atoms with Crippen molar-refractivity contribution in [3.05, 3.63) is 73.9 Å². The van der Waals surface area contributed by atoms with Crippen LogP contribution in [0.15, 0.2) is 53.3 Å². The summed E-state index contributed by atoms with van der Waals surface area (Å²) in [7, 11) is 0. The van der Waals surface area contributed by atoms with Crippen LogP contribution in [0.4, 0.5) is 5.69 Å². The highest BCUT2D eigenvalue weighted by Crippen LogP contribution is 2.36. The maximum absolute atomic E-state index is 12.6. The maximum atomic E-state index is 12.6. The number of rotatable bonds is 4. The number of hydrogen-bond acceptors (Lipinski definition) is 4. The number of H-pyrrole nitrogens is 2. The summed E-state index contributed by atoms with van der Waals surface area (Å²) in [6, 6.07) is 12.8. The summed E-state index contributed by atoms with van der Waals surface area (Å²) in [4.78, 5) is 35.2. The second-order valence-corrected chi connectivity index (χ2v) is 9.59. The van der Waals surface area contributed by atoms with Crippen molar-refractivity contribution >= 4 is 51.6 Å². The number of carbonyl (C=O) groups is 1. The van der Waals surface area contributed by atoms with Gasteiger partial charge < -0.3 is 15.3 Å². The Bertz CT molecular complexity index is 1360. The highest BCUT2D eigenvalue weighted by atomic mass is 35.5. The summed E-state index contributed by atoms with van der Waals surface area (Å²) in [5.41, 5.74) is 2.96. The predicted molar refractivity (Wildman–Crippen MR) is 128 cm³/mol. The van der Waals surface area contributed by atoms with Gasteiger partial charge in [-0.1, -0.05) is 50.6 Å². The quantitative estimate of drug-likeness (QED) is 0.353. The number of hydrogen-bond donors (Lipinski definition) is 3. The molecule has 0 bridgehead atoms. The molecule has 6 nitrogen and oxygen atoms in total. The lowest BCUT2D eigenvalue weighted by Crippen LogP contribution is -2.10. The van der Waals surface area contributed by atoms with Crippen LogP contribution in [0, 0.1) is 0 Å². The molecule has 0 saturated heterocycles. The molecule has 4 aromatic rings. The Labute approximate surface area is 188 Å². The second-order valence-electron chi connectivity index (χ2n) is 8.12. The van der Waals surface area contributed by atoms with E-state index in [9.17, 15) is 9.59 Å². The third kappa shape index (κ3) is 4.62. The van der Waals surface area contributed by atoms with Gasteiger partial charge in [-0.05, 0) is 30.3 Å². The molecule has 0 aliphatic heterocycles. The Balaban J connectivity index is 1.65. The summed E-state index contributed by atoms with van der Waals surface area (Å²) in [6.07, 6.45) is 3.23. The summed E-state index contributed by atoms with van der Waals surface area (Å²) >= 11 is 7.72. The fourth-order valence-corrected chi connectivity index (χ4v) is 4.33. The number of fused-ring (bicyclic) bond motifs is 1. The van der Waals surface area contributed by atoms with Gasteiger partial charge >= 0.3 is 5.69 Å². The van der Waals surface area contributed by atoms with E-state index in [-0.39, 0.29) is 17.0 Å². The Morgan fingerprint density at radius 1 is 1.16 bits per heavy atom. The van der Waals surface area contributed by atoms with Crippen LogP contribution >= 0.6 is 22.9 Å². The zero-order valence-electron chi connectivity index (χ0n) is 17.2. The van der Waals surface area contributed by atoms with Gasteiger partial charge in [-0.25, -0.2) is 9.78 Å². The number of halogens is 1. The highest BCUT2D eigenvalue weighted by Gasteiger charge is 2.21. The molecule has 1 amide bonds. The zero-order chi connectivity index (χ0) is 22.2. The number of nitrogens with zero attached hydrogens (tertiary/aromatic N) is 1. The van der Waals surface area contributed by atoms with Crippen molar-refractivity contribution in [3.63, 3.8) is 0 Å². The van der Waals surface area contributed by atoms with E-state index in [0.29, 0.717) is 21.7 Å². The molecule has 0 aliphatic carbocycles. The Morgan fingerprint density at radius 2 is 1.94 bits per heavy atom. The first kappa shape index (κ1) is 21.1. The number of amides is 1. The molecular weight excluding hydrogens is 432 g/mol. The minimum absolute atomic E-state index is 0.123. The van der Waals surface area contributed by atoms with Crippen molar-refractivity contribution in [3.8, 4) is 11.3 Å². The molecule has 4 rings (SSSR count). The lowest BCUT2D eigenvalue weighted by Gasteiger charge is -2.13. The van der Waals surface area contributed by atoms with E-state index in [4.69, 9.17) is 16.6 Å². The molecule has 8 heteroatoms. The number of anilines is 1. The summed E-state index contributed by atoms with van der Waals surface area (Å²) in [5.74, 6) is -0.308. The number of benzene rings is 2. The number of para-hydroxylation sites is 1. The van der Waals surface area contributed by atoms with Gasteiger partial charge in [0.05, 0.1) is 32.3 Å². The van der Waals surface area contributed by atoms with Crippen LogP contribution in [-0.2, 0) is 10.2 Å². The normalized spacial score (nSPS) is 12.0. The number of thiazole rings is 1. The van der Waals surface area contributed by atoms with Gasteiger partial charge in [-0.2, -0.15) is 0 Å². The Kier molecular flexibility index (Phi) is 5.56. The molecule has 158 valence electrons. The SMILES string of the molecule is CC(C)(C)c1nc(-c2cccc(Cl)c2)c(/C=C/C(=O)Nc2cccc3[nH]c(=O)[nH]c23)s1. The highest BCUT2D eigenvalue weighted by molar-refractivity contribution is 7.13. The van der Waals surface area contributed by atoms with Gasteiger partial charge in [-0.15, -0.1) is 11.3 Å². The lowest BCUT2D eigenvalue weighted by atomic mass is 9.98. The molecule has 2 aromatic heterocycles. The van der Waals surface area contributed by atoms with Crippen molar-refractivity contribution < 1.29 is 4.79 Å². The minimum atomic E-state index is -0.322. The molecule has 0 radical (unpaired) electrons. The number of carbonyl (C=O) groups excluding carboxylic acids is 1. The topological polar surface area (TPSA) is 90.6 Å². The first-order chi connectivity index (χ1) is 14.7. The summed E-state index contributed by atoms with van der Waals surface area (Å²) in [6.45, 7) is 6.31. The molecule has 0 spiro atoms. The molecule has 31 heavy (non-hydrogen) atoms. The molecule has 0 unspecified atom stereocenters. The predicted octanol–water partition coefficient (Wildman–Crippen LogP) is 5.58. The van der Waals surface area contributed by atoms with Gasteiger partial charge in [-0.3, -0.25) is 4.79 Å². The van der Waals surface area contributed by atoms with Crippen molar-refractivity contribution in [2.75, 3.05) is 5.32 Å². The average molecular weight is 453 g/mol. The molecular formula is C23H21ClN4O2S. The first-order valence-corrected chi connectivity index (χ1v) is 10.9. The average Bonchev–Trinajstić information content (AvgIpc) is 3.30. The van der Waals surface area contributed by atoms with Crippen molar-refractivity contribution in [2.45, 2.75) is 26.2 Å². The van der Waals surface area contributed by atoms with Crippen LogP contribution < -0.4 is 11.0 Å². The van der Waals surface area contributed by atoms with Crippen molar-refractivity contribution in [1.29, 1.82) is 0 Å². The van der Waals surface area contributed by atoms with Crippen LogP contribution in [-0.4, -0.2) is 20.9 Å². The Morgan fingerprint density at radius 3 is 2.68 bits per heavy atom. The van der Waals surface area contributed by atoms with Crippen molar-refractivity contribution in [1.82, 2.24) is 15.0 Å². The third-order valence-corrected chi connectivity index (χ3v) is 6.27. The maximum Gasteiger partial charge on any atom is 0.323 e. The molecule has 2 aromatic carbocycles. The molecule has 0 aliphatic rings. The lowest BCUT2D eigenvalue weighted by molar-refractivity contribution is -0.111. The smallest absolute Gasteiger partial charge is 0.321 e. The largest absolute Gasteiger partial charge is 0.323 e. The van der Waals surface area contributed by atoms with Crippen LogP contribution in [0.2, 0.25) is 5.02 Å². The third-order valence-electron chi connectivity index (χ3n) is 4.59. The fraction of sp³-hybridized carbons (Fsp3) is 0.174. The number of imidazole rings is 1. The van der Waals surface area contributed by atoms with Crippen LogP contribution in [0.5, 0.6) is 0 Å². The van der Waals surface area contributed by atoms with Gasteiger partial charge in [0.1, 0.15) is 0 Å². The molecule has 2 heterocycles. The van der Waals surface area contributed by atoms with Gasteiger partial charge in [0, 0.05) is 22.1 Å². The van der Waals surface area contributed by atoms with Gasteiger partial charge in [0.25, 0.3) is 0 Å². The minimum Gasteiger partial charge on any atom is -0.321 e. The van der Waals surface area contributed by atoms with E-state index in [1.54, 1.807) is 35.6 Å². The van der Waals surface area contributed by atoms with Crippen molar-refractivity contribution in [2.24, 2.45) is 0 Å². The van der Waals surface area contributed by atoms with Crippen LogP contribution in [0.3, 0.4) is 0 Å². The van der Waals surface area contributed by atoms with Gasteiger partial charge in [0.2, 0.25) is 5.91 Å². The second kappa shape index (κ2) is 8.17.